The van der Waals surface area contributed by atoms with E-state index in [0.717, 1.165) is 6.54 Å². The standard InChI is InChI=1S/C13H29N.C7H16/c1-2-3-4-5-6-7-8-9-10-11-12-13-14;1-3-5-7-6-4-2/h2-14H2,1H3;3-7H2,1-2H3. The zero-order valence-electron chi connectivity index (χ0n) is 15.6. The van der Waals surface area contributed by atoms with E-state index in [1.807, 2.05) is 0 Å². The van der Waals surface area contributed by atoms with E-state index in [9.17, 15) is 0 Å². The van der Waals surface area contributed by atoms with E-state index in [1.165, 1.54) is 103 Å². The largest absolute Gasteiger partial charge is 0.330 e. The van der Waals surface area contributed by atoms with Gasteiger partial charge in [-0.05, 0) is 13.0 Å². The van der Waals surface area contributed by atoms with Crippen LogP contribution < -0.4 is 5.73 Å². The Hall–Kier alpha value is -0.0400. The normalized spacial score (nSPS) is 10.3. The SMILES string of the molecule is CCCCCCC.CCCCCCCCCCCCCN. The van der Waals surface area contributed by atoms with Gasteiger partial charge in [-0.15, -0.1) is 0 Å². The Morgan fingerprint density at radius 3 is 0.905 bits per heavy atom. The molecule has 0 amide bonds. The Labute approximate surface area is 136 Å². The number of rotatable bonds is 15. The second kappa shape index (κ2) is 24.9. The highest BCUT2D eigenvalue weighted by molar-refractivity contribution is 4.48. The van der Waals surface area contributed by atoms with E-state index in [-0.39, 0.29) is 0 Å². The molecule has 0 aromatic heterocycles. The van der Waals surface area contributed by atoms with E-state index in [4.69, 9.17) is 5.73 Å². The fourth-order valence-electron chi connectivity index (χ4n) is 2.49. The van der Waals surface area contributed by atoms with Gasteiger partial charge in [0, 0.05) is 0 Å². The molecule has 0 spiro atoms. The lowest BCUT2D eigenvalue weighted by molar-refractivity contribution is 0.551. The predicted octanol–water partition coefficient (Wildman–Crippen LogP) is 7.23. The first-order chi connectivity index (χ1) is 10.3. The van der Waals surface area contributed by atoms with Crippen molar-refractivity contribution >= 4 is 0 Å². The molecule has 0 fully saturated rings. The first-order valence-corrected chi connectivity index (χ1v) is 10.0. The van der Waals surface area contributed by atoms with Crippen LogP contribution in [0, 0.1) is 0 Å². The summed E-state index contributed by atoms with van der Waals surface area (Å²) in [7, 11) is 0. The maximum absolute atomic E-state index is 5.44. The quantitative estimate of drug-likeness (QED) is 0.317. The molecule has 0 radical (unpaired) electrons. The van der Waals surface area contributed by atoms with Crippen molar-refractivity contribution in [2.75, 3.05) is 6.54 Å². The van der Waals surface area contributed by atoms with Crippen LogP contribution in [0.25, 0.3) is 0 Å². The molecule has 0 rings (SSSR count). The van der Waals surface area contributed by atoms with Crippen LogP contribution >= 0.6 is 0 Å². The van der Waals surface area contributed by atoms with Crippen molar-refractivity contribution < 1.29 is 0 Å². The summed E-state index contributed by atoms with van der Waals surface area (Å²) in [6.07, 6.45) is 22.4. The lowest BCUT2D eigenvalue weighted by atomic mass is 10.1. The fourth-order valence-corrected chi connectivity index (χ4v) is 2.49. The van der Waals surface area contributed by atoms with Crippen LogP contribution in [0.5, 0.6) is 0 Å². The molecule has 0 heterocycles. The van der Waals surface area contributed by atoms with Crippen LogP contribution in [0.15, 0.2) is 0 Å². The highest BCUT2D eigenvalue weighted by atomic mass is 14.5. The molecule has 130 valence electrons. The molecular weight excluding hydrogens is 254 g/mol. The molecule has 2 N–H and O–H groups in total. The van der Waals surface area contributed by atoms with Crippen molar-refractivity contribution in [3.8, 4) is 0 Å². The van der Waals surface area contributed by atoms with Crippen molar-refractivity contribution in [1.29, 1.82) is 0 Å². The van der Waals surface area contributed by atoms with Crippen molar-refractivity contribution in [2.24, 2.45) is 5.73 Å². The summed E-state index contributed by atoms with van der Waals surface area (Å²) < 4.78 is 0. The van der Waals surface area contributed by atoms with Crippen LogP contribution in [0.2, 0.25) is 0 Å². The molecule has 0 bridgehead atoms. The molecule has 0 aliphatic heterocycles. The molecule has 0 aliphatic rings. The molecule has 0 unspecified atom stereocenters. The van der Waals surface area contributed by atoms with Crippen LogP contribution in [0.3, 0.4) is 0 Å². The average molecular weight is 300 g/mol. The van der Waals surface area contributed by atoms with Crippen molar-refractivity contribution in [1.82, 2.24) is 0 Å². The van der Waals surface area contributed by atoms with Gasteiger partial charge in [0.05, 0.1) is 0 Å². The minimum atomic E-state index is 0.872. The molecule has 0 aromatic carbocycles. The molecular formula is C20H45N. The topological polar surface area (TPSA) is 26.0 Å². The van der Waals surface area contributed by atoms with Crippen LogP contribution in [0.4, 0.5) is 0 Å². The highest BCUT2D eigenvalue weighted by Gasteiger charge is 1.91. The van der Waals surface area contributed by atoms with E-state index in [2.05, 4.69) is 20.8 Å². The lowest BCUT2D eigenvalue weighted by Gasteiger charge is -2.01. The molecule has 0 saturated heterocycles. The molecule has 0 atom stereocenters. The van der Waals surface area contributed by atoms with Crippen LogP contribution in [-0.4, -0.2) is 6.54 Å². The summed E-state index contributed by atoms with van der Waals surface area (Å²) in [5, 5.41) is 0. The minimum absolute atomic E-state index is 0.872. The van der Waals surface area contributed by atoms with Gasteiger partial charge >= 0.3 is 0 Å². The van der Waals surface area contributed by atoms with E-state index in [0.29, 0.717) is 0 Å². The summed E-state index contributed by atoms with van der Waals surface area (Å²) in [4.78, 5) is 0. The van der Waals surface area contributed by atoms with E-state index < -0.39 is 0 Å². The Morgan fingerprint density at radius 1 is 0.381 bits per heavy atom. The zero-order chi connectivity index (χ0) is 16.0. The Kier molecular flexibility index (Phi) is 27.6. The first-order valence-electron chi connectivity index (χ1n) is 10.0. The van der Waals surface area contributed by atoms with Gasteiger partial charge in [-0.25, -0.2) is 0 Å². The van der Waals surface area contributed by atoms with Crippen LogP contribution in [0.1, 0.15) is 124 Å². The Morgan fingerprint density at radius 2 is 0.619 bits per heavy atom. The van der Waals surface area contributed by atoms with Gasteiger partial charge in [0.25, 0.3) is 0 Å². The van der Waals surface area contributed by atoms with Crippen LogP contribution in [-0.2, 0) is 0 Å². The maximum Gasteiger partial charge on any atom is -0.00773 e. The van der Waals surface area contributed by atoms with Gasteiger partial charge in [0.15, 0.2) is 0 Å². The predicted molar refractivity (Wildman–Crippen MR) is 99.9 cm³/mol. The van der Waals surface area contributed by atoms with Gasteiger partial charge in [0.1, 0.15) is 0 Å². The van der Waals surface area contributed by atoms with E-state index >= 15 is 0 Å². The molecule has 1 nitrogen and oxygen atoms in total. The summed E-state index contributed by atoms with van der Waals surface area (Å²) in [5.41, 5.74) is 5.44. The number of hydrogen-bond donors (Lipinski definition) is 1. The molecule has 1 heteroatoms. The molecule has 0 aliphatic carbocycles. The van der Waals surface area contributed by atoms with Gasteiger partial charge in [0.2, 0.25) is 0 Å². The second-order valence-electron chi connectivity index (χ2n) is 6.38. The summed E-state index contributed by atoms with van der Waals surface area (Å²) in [6, 6.07) is 0. The Balaban J connectivity index is 0. The molecule has 21 heavy (non-hydrogen) atoms. The Bertz CT molecular complexity index is 129. The molecule has 0 saturated carbocycles. The molecule has 0 aromatic rings. The van der Waals surface area contributed by atoms with Crippen molar-refractivity contribution in [2.45, 2.75) is 124 Å². The smallest absolute Gasteiger partial charge is 0.00773 e. The minimum Gasteiger partial charge on any atom is -0.330 e. The highest BCUT2D eigenvalue weighted by Crippen LogP contribution is 2.10. The summed E-state index contributed by atoms with van der Waals surface area (Å²) in [6.45, 7) is 7.64. The van der Waals surface area contributed by atoms with Gasteiger partial charge in [-0.3, -0.25) is 0 Å². The second-order valence-corrected chi connectivity index (χ2v) is 6.38. The fraction of sp³-hybridized carbons (Fsp3) is 1.00. The third-order valence-electron chi connectivity index (χ3n) is 4.01. The number of hydrogen-bond acceptors (Lipinski definition) is 1. The first kappa shape index (κ1) is 23.2. The number of unbranched alkanes of at least 4 members (excludes halogenated alkanes) is 14. The summed E-state index contributed by atoms with van der Waals surface area (Å²) in [5.74, 6) is 0. The lowest BCUT2D eigenvalue weighted by Crippen LogP contribution is -1.97. The van der Waals surface area contributed by atoms with Crippen molar-refractivity contribution in [3.63, 3.8) is 0 Å². The van der Waals surface area contributed by atoms with Gasteiger partial charge in [-0.1, -0.05) is 117 Å². The number of nitrogens with two attached hydrogens (primary N) is 1. The summed E-state index contributed by atoms with van der Waals surface area (Å²) >= 11 is 0. The average Bonchev–Trinajstić information content (AvgIpc) is 2.50. The third kappa shape index (κ3) is 28.8. The van der Waals surface area contributed by atoms with E-state index in [1.54, 1.807) is 0 Å². The van der Waals surface area contributed by atoms with Gasteiger partial charge < -0.3 is 5.73 Å². The van der Waals surface area contributed by atoms with Gasteiger partial charge in [-0.2, -0.15) is 0 Å². The zero-order valence-corrected chi connectivity index (χ0v) is 15.6. The monoisotopic (exact) mass is 299 g/mol. The maximum atomic E-state index is 5.44. The third-order valence-corrected chi connectivity index (χ3v) is 4.01. The van der Waals surface area contributed by atoms with Crippen molar-refractivity contribution in [3.05, 3.63) is 0 Å².